The Kier molecular flexibility index (Phi) is 5.28. The van der Waals surface area contributed by atoms with Crippen molar-refractivity contribution < 1.29 is 4.79 Å². The van der Waals surface area contributed by atoms with Gasteiger partial charge < -0.3 is 9.80 Å². The lowest BCUT2D eigenvalue weighted by Crippen LogP contribution is -2.48. The molecule has 0 saturated carbocycles. The van der Waals surface area contributed by atoms with E-state index < -0.39 is 0 Å². The van der Waals surface area contributed by atoms with Crippen LogP contribution in [-0.4, -0.2) is 60.4 Å². The first kappa shape index (κ1) is 18.5. The van der Waals surface area contributed by atoms with Crippen molar-refractivity contribution in [3.63, 3.8) is 0 Å². The molecule has 0 amide bonds. The van der Waals surface area contributed by atoms with Gasteiger partial charge in [0, 0.05) is 50.5 Å². The first-order valence-corrected chi connectivity index (χ1v) is 9.91. The smallest absolute Gasteiger partial charge is 0.225 e. The number of nitriles is 1. The van der Waals surface area contributed by atoms with Gasteiger partial charge in [-0.05, 0) is 18.2 Å². The Labute approximate surface area is 168 Å². The molecule has 28 heavy (non-hydrogen) atoms. The van der Waals surface area contributed by atoms with E-state index >= 15 is 0 Å². The van der Waals surface area contributed by atoms with Crippen LogP contribution in [0.4, 0.5) is 11.6 Å². The van der Waals surface area contributed by atoms with E-state index in [-0.39, 0.29) is 17.9 Å². The SMILES string of the molecule is CN1/C(=C(\C#N)C(=O)CN2CCN(c3ncccn3)CC2)Sc2ccccc21. The molecule has 0 bridgehead atoms. The molecule has 0 aliphatic carbocycles. The highest BCUT2D eigenvalue weighted by molar-refractivity contribution is 8.03. The Bertz CT molecular complexity index is 947. The highest BCUT2D eigenvalue weighted by Crippen LogP contribution is 2.46. The van der Waals surface area contributed by atoms with Gasteiger partial charge in [0.05, 0.1) is 12.2 Å². The number of piperazine rings is 1. The summed E-state index contributed by atoms with van der Waals surface area (Å²) in [7, 11) is 1.90. The van der Waals surface area contributed by atoms with Crippen LogP contribution < -0.4 is 9.80 Å². The minimum atomic E-state index is -0.130. The van der Waals surface area contributed by atoms with Crippen LogP contribution in [0.15, 0.2) is 58.2 Å². The van der Waals surface area contributed by atoms with Crippen LogP contribution >= 0.6 is 11.8 Å². The monoisotopic (exact) mass is 392 g/mol. The van der Waals surface area contributed by atoms with Crippen LogP contribution in [0.25, 0.3) is 0 Å². The van der Waals surface area contributed by atoms with E-state index in [0.29, 0.717) is 5.03 Å². The third kappa shape index (κ3) is 3.59. The van der Waals surface area contributed by atoms with E-state index in [9.17, 15) is 10.1 Å². The molecule has 1 aromatic heterocycles. The van der Waals surface area contributed by atoms with E-state index in [1.807, 2.05) is 36.2 Å². The average Bonchev–Trinajstić information content (AvgIpc) is 3.06. The van der Waals surface area contributed by atoms with Crippen LogP contribution in [-0.2, 0) is 4.79 Å². The lowest BCUT2D eigenvalue weighted by atomic mass is 10.1. The van der Waals surface area contributed by atoms with Gasteiger partial charge in [-0.3, -0.25) is 9.69 Å². The molecule has 1 saturated heterocycles. The fourth-order valence-corrected chi connectivity index (χ4v) is 4.55. The molecule has 0 spiro atoms. The summed E-state index contributed by atoms with van der Waals surface area (Å²) in [4.78, 5) is 28.6. The number of para-hydroxylation sites is 1. The molecule has 1 fully saturated rings. The maximum absolute atomic E-state index is 12.9. The molecule has 7 nitrogen and oxygen atoms in total. The fourth-order valence-electron chi connectivity index (χ4n) is 3.39. The van der Waals surface area contributed by atoms with Gasteiger partial charge in [0.25, 0.3) is 0 Å². The van der Waals surface area contributed by atoms with E-state index in [1.165, 1.54) is 11.8 Å². The molecule has 0 radical (unpaired) electrons. The lowest BCUT2D eigenvalue weighted by molar-refractivity contribution is -0.116. The zero-order valence-corrected chi connectivity index (χ0v) is 16.4. The number of rotatable bonds is 4. The van der Waals surface area contributed by atoms with Crippen molar-refractivity contribution >= 4 is 29.2 Å². The van der Waals surface area contributed by atoms with Gasteiger partial charge in [-0.1, -0.05) is 23.9 Å². The maximum Gasteiger partial charge on any atom is 0.225 e. The number of carbonyl (C=O) groups is 1. The maximum atomic E-state index is 12.9. The summed E-state index contributed by atoms with van der Waals surface area (Å²) < 4.78 is 0. The fraction of sp³-hybridized carbons (Fsp3) is 0.300. The third-order valence-corrected chi connectivity index (χ3v) is 6.15. The number of benzene rings is 1. The normalized spacial score (nSPS) is 18.6. The summed E-state index contributed by atoms with van der Waals surface area (Å²) in [6.45, 7) is 3.24. The second kappa shape index (κ2) is 8.00. The van der Waals surface area contributed by atoms with Gasteiger partial charge in [0.1, 0.15) is 16.7 Å². The molecule has 8 heteroatoms. The van der Waals surface area contributed by atoms with Gasteiger partial charge in [-0.2, -0.15) is 5.26 Å². The standard InChI is InChI=1S/C20H20N6OS/c1-24-16-5-2-3-6-18(16)28-19(24)15(13-21)17(27)14-25-9-11-26(12-10-25)20-22-7-4-8-23-20/h2-8H,9-12,14H2,1H3/b19-15-. The minimum Gasteiger partial charge on any atom is -0.338 e. The lowest BCUT2D eigenvalue weighted by Gasteiger charge is -2.34. The largest absolute Gasteiger partial charge is 0.338 e. The van der Waals surface area contributed by atoms with Crippen molar-refractivity contribution in [2.24, 2.45) is 0 Å². The molecule has 142 valence electrons. The Morgan fingerprint density at radius 3 is 2.54 bits per heavy atom. The summed E-state index contributed by atoms with van der Waals surface area (Å²) in [6.07, 6.45) is 3.47. The molecule has 4 rings (SSSR count). The highest BCUT2D eigenvalue weighted by atomic mass is 32.2. The molecule has 2 aliphatic rings. The number of ketones is 1. The summed E-state index contributed by atoms with van der Waals surface area (Å²) in [5.74, 6) is 0.587. The third-order valence-electron chi connectivity index (χ3n) is 4.92. The Balaban J connectivity index is 1.42. The van der Waals surface area contributed by atoms with Crippen molar-refractivity contribution in [1.82, 2.24) is 14.9 Å². The molecule has 2 aromatic rings. The zero-order valence-electron chi connectivity index (χ0n) is 15.6. The topological polar surface area (TPSA) is 76.4 Å². The number of hydrogen-bond donors (Lipinski definition) is 0. The summed E-state index contributed by atoms with van der Waals surface area (Å²) in [5, 5.41) is 10.4. The van der Waals surface area contributed by atoms with Crippen molar-refractivity contribution in [1.29, 1.82) is 5.26 Å². The molecular formula is C20H20N6OS. The van der Waals surface area contributed by atoms with Gasteiger partial charge in [0.15, 0.2) is 5.78 Å². The number of Topliss-reactive ketones (excluding diaryl/α,β-unsaturated/α-hetero) is 1. The van der Waals surface area contributed by atoms with E-state index in [0.717, 1.165) is 42.7 Å². The predicted molar refractivity (Wildman–Crippen MR) is 109 cm³/mol. The first-order chi connectivity index (χ1) is 13.7. The number of carbonyl (C=O) groups excluding carboxylic acids is 1. The minimum absolute atomic E-state index is 0.130. The Morgan fingerprint density at radius 2 is 1.86 bits per heavy atom. The second-order valence-corrected chi connectivity index (χ2v) is 7.69. The molecule has 3 heterocycles. The predicted octanol–water partition coefficient (Wildman–Crippen LogP) is 2.14. The number of hydrogen-bond acceptors (Lipinski definition) is 8. The number of anilines is 2. The van der Waals surface area contributed by atoms with Crippen molar-refractivity contribution in [3.05, 3.63) is 53.3 Å². The van der Waals surface area contributed by atoms with E-state index in [4.69, 9.17) is 0 Å². The molecule has 2 aliphatic heterocycles. The van der Waals surface area contributed by atoms with Gasteiger partial charge in [-0.15, -0.1) is 0 Å². The number of fused-ring (bicyclic) bond motifs is 1. The Morgan fingerprint density at radius 1 is 1.14 bits per heavy atom. The van der Waals surface area contributed by atoms with Gasteiger partial charge in [-0.25, -0.2) is 9.97 Å². The average molecular weight is 392 g/mol. The molecule has 1 aromatic carbocycles. The molecule has 0 atom stereocenters. The van der Waals surface area contributed by atoms with Crippen molar-refractivity contribution in [2.45, 2.75) is 4.90 Å². The van der Waals surface area contributed by atoms with E-state index in [2.05, 4.69) is 25.8 Å². The van der Waals surface area contributed by atoms with Crippen LogP contribution in [0, 0.1) is 11.3 Å². The Hall–Kier alpha value is -2.89. The summed E-state index contributed by atoms with van der Waals surface area (Å²) in [6, 6.07) is 11.9. The van der Waals surface area contributed by atoms with Gasteiger partial charge in [0.2, 0.25) is 5.95 Å². The van der Waals surface area contributed by atoms with Crippen LogP contribution in [0.5, 0.6) is 0 Å². The van der Waals surface area contributed by atoms with Crippen LogP contribution in [0.1, 0.15) is 0 Å². The summed E-state index contributed by atoms with van der Waals surface area (Å²) in [5.41, 5.74) is 1.26. The van der Waals surface area contributed by atoms with Crippen molar-refractivity contribution in [2.75, 3.05) is 49.6 Å². The number of thioether (sulfide) groups is 1. The van der Waals surface area contributed by atoms with Crippen LogP contribution in [0.2, 0.25) is 0 Å². The highest BCUT2D eigenvalue weighted by Gasteiger charge is 2.29. The first-order valence-electron chi connectivity index (χ1n) is 9.10. The molecule has 0 N–H and O–H groups in total. The van der Waals surface area contributed by atoms with E-state index in [1.54, 1.807) is 18.5 Å². The number of nitrogens with zero attached hydrogens (tertiary/aromatic N) is 6. The van der Waals surface area contributed by atoms with Crippen molar-refractivity contribution in [3.8, 4) is 6.07 Å². The number of aromatic nitrogens is 2. The summed E-state index contributed by atoms with van der Waals surface area (Å²) >= 11 is 1.48. The quantitative estimate of drug-likeness (QED) is 0.579. The molecular weight excluding hydrogens is 372 g/mol. The zero-order chi connectivity index (χ0) is 19.5. The molecule has 0 unspecified atom stereocenters. The van der Waals surface area contributed by atoms with Crippen LogP contribution in [0.3, 0.4) is 0 Å². The van der Waals surface area contributed by atoms with Gasteiger partial charge >= 0.3 is 0 Å². The second-order valence-electron chi connectivity index (χ2n) is 6.66.